The molecule has 0 aromatic heterocycles. The summed E-state index contributed by atoms with van der Waals surface area (Å²) in [6.45, 7) is 13.4. The fourth-order valence-electron chi connectivity index (χ4n) is 7.33. The number of ether oxygens (including phenoxy) is 4. The molecule has 42 heavy (non-hydrogen) atoms. The predicted molar refractivity (Wildman–Crippen MR) is 155 cm³/mol. The molecule has 10 heteroatoms. The van der Waals surface area contributed by atoms with Crippen molar-refractivity contribution >= 4 is 0 Å². The maximum atomic E-state index is 12.0. The number of fused-ring (bicyclic) bond motifs is 2. The molecule has 0 spiro atoms. The first kappa shape index (κ1) is 33.7. The highest BCUT2D eigenvalue weighted by atomic mass is 16.7. The molecule has 4 rings (SSSR count). The molecule has 2 fully saturated rings. The van der Waals surface area contributed by atoms with E-state index in [0.717, 1.165) is 24.0 Å². The number of hydrogen-bond donors (Lipinski definition) is 6. The first-order valence-corrected chi connectivity index (χ1v) is 15.2. The van der Waals surface area contributed by atoms with Crippen molar-refractivity contribution in [1.29, 1.82) is 0 Å². The van der Waals surface area contributed by atoms with E-state index in [-0.39, 0.29) is 36.9 Å². The van der Waals surface area contributed by atoms with Gasteiger partial charge in [0, 0.05) is 31.0 Å². The zero-order valence-electron chi connectivity index (χ0n) is 25.8. The van der Waals surface area contributed by atoms with Gasteiger partial charge in [-0.1, -0.05) is 37.1 Å². The SMILES string of the molecule is C=CC(C)(C)OC[C@H]1O[C@H](O[C@@H]2C3=C(C(C)CO)C[C@H](O)[C@]3(C)/C=C3/[C@@H](COC)CC[C@H]3[C@@H](C)[C@H]2O)[C@H](O)[C@@H](O)[C@@H]1O. The fourth-order valence-corrected chi connectivity index (χ4v) is 7.33. The van der Waals surface area contributed by atoms with Crippen LogP contribution >= 0.6 is 0 Å². The quantitative estimate of drug-likeness (QED) is 0.204. The highest BCUT2D eigenvalue weighted by Crippen LogP contribution is 2.55. The van der Waals surface area contributed by atoms with E-state index in [9.17, 15) is 30.6 Å². The lowest BCUT2D eigenvalue weighted by molar-refractivity contribution is -0.319. The summed E-state index contributed by atoms with van der Waals surface area (Å²) in [5, 5.41) is 66.2. The normalized spacial score (nSPS) is 44.6. The van der Waals surface area contributed by atoms with Gasteiger partial charge < -0.3 is 49.6 Å². The second-order valence-corrected chi connectivity index (χ2v) is 13.5. The maximum Gasteiger partial charge on any atom is 0.187 e. The van der Waals surface area contributed by atoms with Gasteiger partial charge in [0.15, 0.2) is 6.29 Å². The predicted octanol–water partition coefficient (Wildman–Crippen LogP) is 1.47. The lowest BCUT2D eigenvalue weighted by Crippen LogP contribution is -2.61. The Labute approximate surface area is 249 Å². The van der Waals surface area contributed by atoms with Crippen LogP contribution in [0.15, 0.2) is 35.5 Å². The van der Waals surface area contributed by atoms with Crippen LogP contribution < -0.4 is 0 Å². The van der Waals surface area contributed by atoms with Crippen LogP contribution in [0, 0.1) is 29.1 Å². The Bertz CT molecular complexity index is 1020. The lowest BCUT2D eigenvalue weighted by atomic mass is 9.68. The number of methoxy groups -OCH3 is 1. The Balaban J connectivity index is 1.76. The zero-order valence-corrected chi connectivity index (χ0v) is 25.8. The maximum absolute atomic E-state index is 12.0. The summed E-state index contributed by atoms with van der Waals surface area (Å²) in [4.78, 5) is 0. The summed E-state index contributed by atoms with van der Waals surface area (Å²) in [5.41, 5.74) is 0.955. The van der Waals surface area contributed by atoms with Crippen molar-refractivity contribution in [3.8, 4) is 0 Å². The smallest absolute Gasteiger partial charge is 0.187 e. The standard InChI is InChI=1S/C32H52O10/c1-8-31(4,5)40-15-22-26(36)27(37)28(38)30(41-22)42-29-24-20(16(2)13-33)11-23(34)32(24,6)12-21-18(14-39-7)9-10-19(21)17(3)25(29)35/h8,12,16-19,22-23,25-30,33-38H,1,9-11,13-15H2,2-7H3/b21-12-/t16?,17-,18-,19+,22-,23+,25-,26-,27+,28-,29-,30-,32+/m1/s1. The molecule has 0 amide bonds. The number of aliphatic hydroxyl groups is 6. The molecule has 10 nitrogen and oxygen atoms in total. The first-order chi connectivity index (χ1) is 19.7. The molecule has 1 unspecified atom stereocenters. The van der Waals surface area contributed by atoms with Crippen molar-refractivity contribution in [1.82, 2.24) is 0 Å². The molecule has 0 bridgehead atoms. The molecule has 3 aliphatic carbocycles. The van der Waals surface area contributed by atoms with E-state index in [4.69, 9.17) is 18.9 Å². The van der Waals surface area contributed by atoms with Gasteiger partial charge >= 0.3 is 0 Å². The molecule has 0 aromatic carbocycles. The molecular formula is C32H52O10. The van der Waals surface area contributed by atoms with E-state index in [1.54, 1.807) is 27.0 Å². The third-order valence-corrected chi connectivity index (χ3v) is 10.3. The Kier molecular flexibility index (Phi) is 10.5. The van der Waals surface area contributed by atoms with E-state index in [0.29, 0.717) is 18.6 Å². The Morgan fingerprint density at radius 3 is 2.40 bits per heavy atom. The Hall–Kier alpha value is -1.18. The second kappa shape index (κ2) is 13.0. The van der Waals surface area contributed by atoms with Crippen molar-refractivity contribution in [2.75, 3.05) is 26.9 Å². The van der Waals surface area contributed by atoms with Gasteiger partial charge in [0.05, 0.1) is 31.0 Å². The zero-order chi connectivity index (χ0) is 31.1. The first-order valence-electron chi connectivity index (χ1n) is 15.2. The van der Waals surface area contributed by atoms with E-state index >= 15 is 0 Å². The molecule has 13 atom stereocenters. The molecule has 1 saturated heterocycles. The Morgan fingerprint density at radius 2 is 1.79 bits per heavy atom. The van der Waals surface area contributed by atoms with Crippen molar-refractivity contribution in [3.05, 3.63) is 35.5 Å². The van der Waals surface area contributed by atoms with Crippen LogP contribution in [0.2, 0.25) is 0 Å². The minimum Gasteiger partial charge on any atom is -0.396 e. The van der Waals surface area contributed by atoms with Crippen molar-refractivity contribution in [3.63, 3.8) is 0 Å². The molecule has 6 N–H and O–H groups in total. The molecule has 1 heterocycles. The van der Waals surface area contributed by atoms with E-state index in [1.165, 1.54) is 0 Å². The number of aliphatic hydroxyl groups excluding tert-OH is 6. The summed E-state index contributed by atoms with van der Waals surface area (Å²) < 4.78 is 23.9. The highest BCUT2D eigenvalue weighted by Gasteiger charge is 2.55. The van der Waals surface area contributed by atoms with E-state index in [2.05, 4.69) is 12.7 Å². The van der Waals surface area contributed by atoms with Crippen LogP contribution in [0.4, 0.5) is 0 Å². The summed E-state index contributed by atoms with van der Waals surface area (Å²) in [5.74, 6) is -0.378. The fraction of sp³-hybridized carbons (Fsp3) is 0.812. The van der Waals surface area contributed by atoms with Gasteiger partial charge in [-0.2, -0.15) is 0 Å². The minimum atomic E-state index is -1.61. The largest absolute Gasteiger partial charge is 0.396 e. The highest BCUT2D eigenvalue weighted by molar-refractivity contribution is 5.43. The van der Waals surface area contributed by atoms with E-state index in [1.807, 2.05) is 20.8 Å². The summed E-state index contributed by atoms with van der Waals surface area (Å²) in [6.07, 6.45) is -4.22. The minimum absolute atomic E-state index is 0.0306. The molecule has 240 valence electrons. The summed E-state index contributed by atoms with van der Waals surface area (Å²) >= 11 is 0. The van der Waals surface area contributed by atoms with Crippen LogP contribution in [-0.4, -0.2) is 112 Å². The molecule has 1 saturated carbocycles. The summed E-state index contributed by atoms with van der Waals surface area (Å²) in [7, 11) is 1.68. The topological polar surface area (TPSA) is 158 Å². The third kappa shape index (κ3) is 6.18. The average molecular weight is 597 g/mol. The van der Waals surface area contributed by atoms with Gasteiger partial charge in [0.1, 0.15) is 30.5 Å². The van der Waals surface area contributed by atoms with E-state index < -0.39 is 60.0 Å². The number of hydrogen-bond acceptors (Lipinski definition) is 10. The molecular weight excluding hydrogens is 544 g/mol. The van der Waals surface area contributed by atoms with Crippen molar-refractivity contribution < 1.29 is 49.6 Å². The van der Waals surface area contributed by atoms with Gasteiger partial charge in [-0.15, -0.1) is 6.58 Å². The van der Waals surface area contributed by atoms with Crippen LogP contribution in [0.1, 0.15) is 53.9 Å². The van der Waals surface area contributed by atoms with Gasteiger partial charge in [-0.3, -0.25) is 0 Å². The van der Waals surface area contributed by atoms with Crippen LogP contribution in [0.3, 0.4) is 0 Å². The van der Waals surface area contributed by atoms with Gasteiger partial charge in [-0.25, -0.2) is 0 Å². The van der Waals surface area contributed by atoms with Crippen LogP contribution in [0.25, 0.3) is 0 Å². The second-order valence-electron chi connectivity index (χ2n) is 13.5. The molecule has 1 aliphatic heterocycles. The third-order valence-electron chi connectivity index (χ3n) is 10.3. The average Bonchev–Trinajstić information content (AvgIpc) is 3.46. The van der Waals surface area contributed by atoms with Crippen LogP contribution in [0.5, 0.6) is 0 Å². The van der Waals surface area contributed by atoms with Gasteiger partial charge in [0.25, 0.3) is 0 Å². The van der Waals surface area contributed by atoms with Crippen molar-refractivity contribution in [2.45, 2.75) is 108 Å². The molecule has 0 aromatic rings. The van der Waals surface area contributed by atoms with Gasteiger partial charge in [0.2, 0.25) is 0 Å². The lowest BCUT2D eigenvalue weighted by Gasteiger charge is -2.46. The van der Waals surface area contributed by atoms with Crippen molar-refractivity contribution in [2.24, 2.45) is 29.1 Å². The monoisotopic (exact) mass is 596 g/mol. The van der Waals surface area contributed by atoms with Crippen LogP contribution in [-0.2, 0) is 18.9 Å². The Morgan fingerprint density at radius 1 is 1.10 bits per heavy atom. The summed E-state index contributed by atoms with van der Waals surface area (Å²) in [6, 6.07) is 0. The number of rotatable bonds is 10. The molecule has 0 radical (unpaired) electrons. The molecule has 4 aliphatic rings. The van der Waals surface area contributed by atoms with Gasteiger partial charge in [-0.05, 0) is 57.4 Å².